The van der Waals surface area contributed by atoms with Gasteiger partial charge in [-0.15, -0.1) is 0 Å². The average molecular weight is 682 g/mol. The van der Waals surface area contributed by atoms with E-state index in [1.807, 2.05) is 60.7 Å². The largest absolute Gasteiger partial charge is 0.492 e. The molecule has 2 aliphatic rings. The van der Waals surface area contributed by atoms with Gasteiger partial charge in [-0.3, -0.25) is 19.4 Å². The molecule has 0 radical (unpaired) electrons. The Hall–Kier alpha value is -4.10. The lowest BCUT2D eigenvalue weighted by molar-refractivity contribution is 0.200. The van der Waals surface area contributed by atoms with Crippen LogP contribution in [-0.4, -0.2) is 108 Å². The first-order chi connectivity index (χ1) is 23.0. The van der Waals surface area contributed by atoms with Crippen LogP contribution in [0.3, 0.4) is 0 Å². The number of benzene rings is 2. The fourth-order valence-corrected chi connectivity index (χ4v) is 6.26. The van der Waals surface area contributed by atoms with Crippen LogP contribution in [0, 0.1) is 0 Å². The predicted octanol–water partition coefficient (Wildman–Crippen LogP) is 3.01. The highest BCUT2D eigenvalue weighted by Crippen LogP contribution is 2.24. The Kier molecular flexibility index (Phi) is 10.9. The summed E-state index contributed by atoms with van der Waals surface area (Å²) in [5.41, 5.74) is 0.161. The molecule has 6 rings (SSSR count). The molecule has 0 unspecified atom stereocenters. The summed E-state index contributed by atoms with van der Waals surface area (Å²) in [6.07, 6.45) is 3.15. The first-order valence-corrected chi connectivity index (χ1v) is 16.5. The fourth-order valence-electron chi connectivity index (χ4n) is 5.73. The van der Waals surface area contributed by atoms with Crippen LogP contribution in [0.4, 0.5) is 11.4 Å². The minimum Gasteiger partial charge on any atom is -0.492 e. The Labute approximate surface area is 283 Å². The first-order valence-electron chi connectivity index (χ1n) is 15.8. The van der Waals surface area contributed by atoms with Gasteiger partial charge in [0.2, 0.25) is 0 Å². The average Bonchev–Trinajstić information content (AvgIpc) is 3.11. The van der Waals surface area contributed by atoms with Crippen molar-refractivity contribution in [2.45, 2.75) is 6.67 Å². The van der Waals surface area contributed by atoms with E-state index in [1.165, 1.54) is 0 Å². The van der Waals surface area contributed by atoms with Crippen molar-refractivity contribution in [2.24, 2.45) is 0 Å². The lowest BCUT2D eigenvalue weighted by atomic mass is 10.3. The fraction of sp³-hybridized carbons (Fsp3) is 0.394. The van der Waals surface area contributed by atoms with Crippen LogP contribution < -0.4 is 30.4 Å². The van der Waals surface area contributed by atoms with Crippen LogP contribution in [0.15, 0.2) is 82.6 Å². The van der Waals surface area contributed by atoms with Crippen molar-refractivity contribution >= 4 is 34.6 Å². The number of halogens is 2. The van der Waals surface area contributed by atoms with E-state index in [2.05, 4.69) is 29.8 Å². The van der Waals surface area contributed by atoms with Gasteiger partial charge in [0.15, 0.2) is 0 Å². The number of anilines is 2. The third kappa shape index (κ3) is 8.25. The molecule has 0 amide bonds. The van der Waals surface area contributed by atoms with Crippen molar-refractivity contribution in [1.29, 1.82) is 0 Å². The van der Waals surface area contributed by atoms with E-state index in [4.69, 9.17) is 32.7 Å². The minimum atomic E-state index is -0.496. The Morgan fingerprint density at radius 2 is 0.957 bits per heavy atom. The number of piperazine rings is 2. The monoisotopic (exact) mass is 680 g/mol. The third-order valence-corrected chi connectivity index (χ3v) is 9.18. The van der Waals surface area contributed by atoms with Gasteiger partial charge in [0, 0.05) is 65.4 Å². The smallest absolute Gasteiger partial charge is 0.289 e. The Morgan fingerprint density at radius 3 is 1.34 bits per heavy atom. The molecule has 0 aliphatic carbocycles. The molecule has 47 heavy (non-hydrogen) atoms. The summed E-state index contributed by atoms with van der Waals surface area (Å²) in [6.45, 7) is 8.62. The van der Waals surface area contributed by atoms with Gasteiger partial charge in [-0.05, 0) is 24.3 Å². The minimum absolute atomic E-state index is 0.0590. The van der Waals surface area contributed by atoms with Gasteiger partial charge in [-0.2, -0.15) is 10.2 Å². The molecule has 4 heterocycles. The molecule has 0 N–H and O–H groups in total. The molecule has 14 heteroatoms. The van der Waals surface area contributed by atoms with Crippen molar-refractivity contribution in [3.8, 4) is 11.5 Å². The zero-order valence-electron chi connectivity index (χ0n) is 26.1. The van der Waals surface area contributed by atoms with Crippen LogP contribution in [0.2, 0.25) is 10.0 Å². The molecule has 2 saturated heterocycles. The van der Waals surface area contributed by atoms with Crippen LogP contribution >= 0.6 is 23.2 Å². The second kappa shape index (κ2) is 15.7. The van der Waals surface area contributed by atoms with E-state index in [0.29, 0.717) is 50.8 Å². The molecular weight excluding hydrogens is 643 g/mol. The van der Waals surface area contributed by atoms with Gasteiger partial charge in [-0.25, -0.2) is 9.36 Å². The van der Waals surface area contributed by atoms with Crippen LogP contribution in [-0.2, 0) is 6.67 Å². The summed E-state index contributed by atoms with van der Waals surface area (Å²) in [4.78, 5) is 35.1. The lowest BCUT2D eigenvalue weighted by Gasteiger charge is -2.36. The van der Waals surface area contributed by atoms with Gasteiger partial charge < -0.3 is 19.3 Å². The summed E-state index contributed by atoms with van der Waals surface area (Å²) < 4.78 is 13.9. The zero-order valence-corrected chi connectivity index (χ0v) is 27.6. The number of para-hydroxylation sites is 2. The number of rotatable bonds is 12. The molecule has 2 aromatic carbocycles. The highest BCUT2D eigenvalue weighted by atomic mass is 35.5. The SMILES string of the molecule is O=c1c(Cl)c(N2CCN(CCOc3ccccc3)CC2)cnn1Cn1ncc(N2CCN(CCOc3ccccc3)CC2)c(Cl)c1=O. The Bertz CT molecular complexity index is 1600. The maximum absolute atomic E-state index is 13.2. The number of aromatic nitrogens is 4. The Balaban J connectivity index is 1.00. The van der Waals surface area contributed by atoms with Crippen LogP contribution in [0.5, 0.6) is 11.5 Å². The molecule has 248 valence electrons. The molecule has 0 spiro atoms. The van der Waals surface area contributed by atoms with Crippen molar-refractivity contribution in [1.82, 2.24) is 29.4 Å². The highest BCUT2D eigenvalue weighted by molar-refractivity contribution is 6.33. The first kappa shape index (κ1) is 32.8. The highest BCUT2D eigenvalue weighted by Gasteiger charge is 2.24. The van der Waals surface area contributed by atoms with Gasteiger partial charge in [0.05, 0.1) is 23.8 Å². The maximum Gasteiger partial charge on any atom is 0.289 e. The molecule has 0 saturated carbocycles. The van der Waals surface area contributed by atoms with Crippen LogP contribution in [0.25, 0.3) is 0 Å². The van der Waals surface area contributed by atoms with Crippen molar-refractivity contribution < 1.29 is 9.47 Å². The van der Waals surface area contributed by atoms with Crippen molar-refractivity contribution in [3.63, 3.8) is 0 Å². The number of ether oxygens (including phenoxy) is 2. The topological polar surface area (TPSA) is 101 Å². The van der Waals surface area contributed by atoms with E-state index >= 15 is 0 Å². The molecule has 12 nitrogen and oxygen atoms in total. The predicted molar refractivity (Wildman–Crippen MR) is 184 cm³/mol. The van der Waals surface area contributed by atoms with E-state index in [0.717, 1.165) is 60.1 Å². The van der Waals surface area contributed by atoms with Gasteiger partial charge in [0.25, 0.3) is 11.1 Å². The molecule has 4 aromatic rings. The van der Waals surface area contributed by atoms with Gasteiger partial charge in [0.1, 0.15) is 41.4 Å². The molecule has 2 aliphatic heterocycles. The molecular formula is C33H38Cl2N8O4. The normalized spacial score (nSPS) is 16.0. The summed E-state index contributed by atoms with van der Waals surface area (Å²) in [5.74, 6) is 1.71. The van der Waals surface area contributed by atoms with E-state index in [1.54, 1.807) is 12.4 Å². The molecule has 2 aromatic heterocycles. The van der Waals surface area contributed by atoms with Gasteiger partial charge >= 0.3 is 0 Å². The summed E-state index contributed by atoms with van der Waals surface area (Å²) >= 11 is 13.1. The number of hydrogen-bond donors (Lipinski definition) is 0. The van der Waals surface area contributed by atoms with Gasteiger partial charge in [-0.1, -0.05) is 59.6 Å². The van der Waals surface area contributed by atoms with Crippen molar-refractivity contribution in [2.75, 3.05) is 88.5 Å². The summed E-state index contributed by atoms with van der Waals surface area (Å²) in [6, 6.07) is 19.5. The second-order valence-electron chi connectivity index (χ2n) is 11.4. The van der Waals surface area contributed by atoms with Crippen molar-refractivity contribution in [3.05, 3.63) is 104 Å². The quantitative estimate of drug-likeness (QED) is 0.222. The standard InChI is InChI=1S/C33H38Cl2N8O4/c34-30-28(40-15-11-38(12-16-40)19-21-46-26-7-3-1-4-8-26)23-36-42(32(30)44)25-43-33(45)31(35)29(24-37-43)41-17-13-39(14-18-41)20-22-47-27-9-5-2-6-10-27/h1-10,23-24H,11-22,25H2. The molecule has 0 bridgehead atoms. The zero-order chi connectivity index (χ0) is 32.6. The maximum atomic E-state index is 13.2. The lowest BCUT2D eigenvalue weighted by Crippen LogP contribution is -2.48. The Morgan fingerprint density at radius 1 is 0.574 bits per heavy atom. The molecule has 2 fully saturated rings. The molecule has 0 atom stereocenters. The summed E-state index contributed by atoms with van der Waals surface area (Å²) in [7, 11) is 0. The number of hydrogen-bond acceptors (Lipinski definition) is 10. The van der Waals surface area contributed by atoms with E-state index in [-0.39, 0.29) is 16.7 Å². The van der Waals surface area contributed by atoms with Crippen LogP contribution in [0.1, 0.15) is 0 Å². The third-order valence-electron chi connectivity index (χ3n) is 8.47. The summed E-state index contributed by atoms with van der Waals surface area (Å²) in [5, 5.41) is 8.76. The number of nitrogens with zero attached hydrogens (tertiary/aromatic N) is 8. The van der Waals surface area contributed by atoms with E-state index in [9.17, 15) is 9.59 Å². The van der Waals surface area contributed by atoms with E-state index < -0.39 is 11.1 Å². The second-order valence-corrected chi connectivity index (χ2v) is 12.2.